The first-order chi connectivity index (χ1) is 19.5. The van der Waals surface area contributed by atoms with Gasteiger partial charge in [0.2, 0.25) is 0 Å². The molecule has 0 radical (unpaired) electrons. The minimum Gasteiger partial charge on any atom is -0.493 e. The molecular formula is C31H24FN3O4S. The Hall–Kier alpha value is -4.89. The van der Waals surface area contributed by atoms with Crippen LogP contribution in [0.1, 0.15) is 5.56 Å². The quantitative estimate of drug-likeness (QED) is 0.247. The smallest absolute Gasteiger partial charge is 0.271 e. The van der Waals surface area contributed by atoms with Crippen molar-refractivity contribution in [3.63, 3.8) is 0 Å². The van der Waals surface area contributed by atoms with E-state index in [1.54, 1.807) is 29.2 Å². The molecule has 1 saturated heterocycles. The van der Waals surface area contributed by atoms with Crippen molar-refractivity contribution in [1.29, 1.82) is 0 Å². The Kier molecular flexibility index (Phi) is 8.22. The lowest BCUT2D eigenvalue weighted by Crippen LogP contribution is -2.28. The van der Waals surface area contributed by atoms with Gasteiger partial charge in [-0.15, -0.1) is 0 Å². The first-order valence-electron chi connectivity index (χ1n) is 12.3. The number of amidine groups is 1. The van der Waals surface area contributed by atoms with Gasteiger partial charge in [0.25, 0.3) is 11.8 Å². The van der Waals surface area contributed by atoms with E-state index in [-0.39, 0.29) is 18.3 Å². The van der Waals surface area contributed by atoms with Gasteiger partial charge in [-0.05, 0) is 84.1 Å². The molecule has 0 atom stereocenters. The van der Waals surface area contributed by atoms with Gasteiger partial charge >= 0.3 is 0 Å². The fraction of sp³-hybridized carbons (Fsp3) is 0.0645. The molecule has 0 aliphatic carbocycles. The molecule has 0 aromatic heterocycles. The third kappa shape index (κ3) is 6.39. The number of hydrogen-bond acceptors (Lipinski definition) is 6. The fourth-order valence-corrected chi connectivity index (χ4v) is 4.89. The van der Waals surface area contributed by atoms with Crippen molar-refractivity contribution in [2.75, 3.05) is 23.9 Å². The van der Waals surface area contributed by atoms with Crippen LogP contribution in [-0.2, 0) is 9.59 Å². The monoisotopic (exact) mass is 553 g/mol. The topological polar surface area (TPSA) is 80.2 Å². The summed E-state index contributed by atoms with van der Waals surface area (Å²) in [6.45, 7) is -0.270. The molecule has 1 heterocycles. The molecule has 4 aromatic rings. The summed E-state index contributed by atoms with van der Waals surface area (Å²) >= 11 is 1.28. The van der Waals surface area contributed by atoms with E-state index in [1.807, 2.05) is 60.7 Å². The van der Waals surface area contributed by atoms with Crippen LogP contribution in [0.15, 0.2) is 113 Å². The Morgan fingerprint density at radius 2 is 1.65 bits per heavy atom. The van der Waals surface area contributed by atoms with Crippen molar-refractivity contribution < 1.29 is 23.5 Å². The van der Waals surface area contributed by atoms with Gasteiger partial charge in [-0.1, -0.05) is 42.5 Å². The highest BCUT2D eigenvalue weighted by Gasteiger charge is 2.34. The number of rotatable bonds is 8. The van der Waals surface area contributed by atoms with E-state index in [4.69, 9.17) is 14.5 Å². The maximum absolute atomic E-state index is 13.5. The zero-order valence-corrected chi connectivity index (χ0v) is 22.2. The largest absolute Gasteiger partial charge is 0.493 e. The van der Waals surface area contributed by atoms with Crippen LogP contribution >= 0.6 is 11.8 Å². The van der Waals surface area contributed by atoms with E-state index in [0.29, 0.717) is 32.8 Å². The highest BCUT2D eigenvalue weighted by atomic mass is 32.2. The number of ether oxygens (including phenoxy) is 2. The number of hydrogen-bond donors (Lipinski definition) is 1. The summed E-state index contributed by atoms with van der Waals surface area (Å²) in [6, 6.07) is 29.5. The van der Waals surface area contributed by atoms with Crippen LogP contribution in [0.3, 0.4) is 0 Å². The highest BCUT2D eigenvalue weighted by molar-refractivity contribution is 8.19. The second kappa shape index (κ2) is 12.3. The second-order valence-electron chi connectivity index (χ2n) is 8.57. The summed E-state index contributed by atoms with van der Waals surface area (Å²) in [6.07, 6.45) is 1.77. The van der Waals surface area contributed by atoms with E-state index in [2.05, 4.69) is 5.32 Å². The molecule has 0 spiro atoms. The third-order valence-electron chi connectivity index (χ3n) is 5.77. The lowest BCUT2D eigenvalue weighted by atomic mass is 10.2. The summed E-state index contributed by atoms with van der Waals surface area (Å²) in [5, 5.41) is 3.19. The average molecular weight is 554 g/mol. The summed E-state index contributed by atoms with van der Waals surface area (Å²) in [5.41, 5.74) is 2.64. The number of anilines is 2. The van der Waals surface area contributed by atoms with Gasteiger partial charge in [-0.3, -0.25) is 14.5 Å². The number of carbonyl (C=O) groups excluding carboxylic acids is 2. The number of nitrogens with one attached hydrogen (secondary N) is 1. The third-order valence-corrected chi connectivity index (χ3v) is 6.74. The van der Waals surface area contributed by atoms with Crippen molar-refractivity contribution in [3.05, 3.63) is 119 Å². The molecule has 1 fully saturated rings. The van der Waals surface area contributed by atoms with Crippen molar-refractivity contribution in [2.24, 2.45) is 4.99 Å². The average Bonchev–Trinajstić information content (AvgIpc) is 3.28. The summed E-state index contributed by atoms with van der Waals surface area (Å²) in [4.78, 5) is 32.6. The summed E-state index contributed by atoms with van der Waals surface area (Å²) < 4.78 is 24.2. The van der Waals surface area contributed by atoms with Gasteiger partial charge in [-0.2, -0.15) is 0 Å². The molecule has 1 aliphatic heterocycles. The van der Waals surface area contributed by atoms with E-state index in [0.717, 1.165) is 11.4 Å². The number of amides is 2. The predicted molar refractivity (Wildman–Crippen MR) is 157 cm³/mol. The maximum Gasteiger partial charge on any atom is 0.271 e. The number of carbonyl (C=O) groups is 2. The van der Waals surface area contributed by atoms with E-state index < -0.39 is 5.91 Å². The molecule has 1 aliphatic rings. The Labute approximate surface area is 235 Å². The highest BCUT2D eigenvalue weighted by Crippen LogP contribution is 2.38. The molecule has 0 bridgehead atoms. The normalized spacial score (nSPS) is 14.9. The van der Waals surface area contributed by atoms with E-state index in [9.17, 15) is 14.0 Å². The Bertz CT molecular complexity index is 1580. The van der Waals surface area contributed by atoms with Gasteiger partial charge in [0.15, 0.2) is 23.3 Å². The number of nitrogens with zero attached hydrogens (tertiary/aromatic N) is 2. The van der Waals surface area contributed by atoms with Crippen LogP contribution < -0.4 is 19.7 Å². The number of para-hydroxylation sites is 2. The molecule has 0 saturated carbocycles. The summed E-state index contributed by atoms with van der Waals surface area (Å²) in [7, 11) is 1.49. The Balaban J connectivity index is 1.34. The number of benzene rings is 4. The minimum absolute atomic E-state index is 0.192. The van der Waals surface area contributed by atoms with Crippen LogP contribution in [0.25, 0.3) is 6.08 Å². The van der Waals surface area contributed by atoms with Crippen LogP contribution in [0.2, 0.25) is 0 Å². The molecule has 0 unspecified atom stereocenters. The first kappa shape index (κ1) is 26.7. The molecular weight excluding hydrogens is 529 g/mol. The van der Waals surface area contributed by atoms with Gasteiger partial charge in [0.1, 0.15) is 5.82 Å². The lowest BCUT2D eigenvalue weighted by molar-refractivity contribution is -0.118. The number of halogens is 1. The minimum atomic E-state index is -0.404. The van der Waals surface area contributed by atoms with Gasteiger partial charge in [0, 0.05) is 5.69 Å². The van der Waals surface area contributed by atoms with Gasteiger partial charge in [-0.25, -0.2) is 9.38 Å². The molecule has 4 aromatic carbocycles. The lowest BCUT2D eigenvalue weighted by Gasteiger charge is -2.15. The molecule has 200 valence electrons. The Morgan fingerprint density at radius 1 is 0.950 bits per heavy atom. The van der Waals surface area contributed by atoms with Gasteiger partial charge in [0.05, 0.1) is 23.4 Å². The standard InChI is InChI=1S/C31H24FN3O4S/c1-38-27-18-21(12-17-26(27)39-20-29(36)33-24-15-13-22(32)14-16-24)19-28-30(37)35(25-10-6-3-7-11-25)31(40-28)34-23-8-4-2-5-9-23/h2-19H,20H2,1H3,(H,33,36)/b28-19-,34-31?. The van der Waals surface area contributed by atoms with Crippen molar-refractivity contribution in [1.82, 2.24) is 0 Å². The molecule has 40 heavy (non-hydrogen) atoms. The number of thioether (sulfide) groups is 1. The van der Waals surface area contributed by atoms with Gasteiger partial charge < -0.3 is 14.8 Å². The number of methoxy groups -OCH3 is 1. The molecule has 5 rings (SSSR count). The Morgan fingerprint density at radius 3 is 2.35 bits per heavy atom. The number of aliphatic imine (C=N–C) groups is 1. The van der Waals surface area contributed by atoms with Crippen LogP contribution in [0.4, 0.5) is 21.5 Å². The van der Waals surface area contributed by atoms with Crippen LogP contribution in [-0.4, -0.2) is 30.7 Å². The zero-order valence-electron chi connectivity index (χ0n) is 21.4. The molecule has 9 heteroatoms. The van der Waals surface area contributed by atoms with Crippen molar-refractivity contribution >= 4 is 51.9 Å². The molecule has 2 amide bonds. The van der Waals surface area contributed by atoms with Crippen LogP contribution in [0.5, 0.6) is 11.5 Å². The van der Waals surface area contributed by atoms with E-state index >= 15 is 0 Å². The first-order valence-corrected chi connectivity index (χ1v) is 13.1. The predicted octanol–water partition coefficient (Wildman–Crippen LogP) is 6.66. The SMILES string of the molecule is COc1cc(/C=C2\SC(=Nc3ccccc3)N(c3ccccc3)C2=O)ccc1OCC(=O)Nc1ccc(F)cc1. The van der Waals surface area contributed by atoms with E-state index in [1.165, 1.54) is 43.1 Å². The van der Waals surface area contributed by atoms with Crippen molar-refractivity contribution in [2.45, 2.75) is 0 Å². The van der Waals surface area contributed by atoms with Crippen LogP contribution in [0, 0.1) is 5.82 Å². The van der Waals surface area contributed by atoms with Crippen molar-refractivity contribution in [3.8, 4) is 11.5 Å². The molecule has 1 N–H and O–H groups in total. The maximum atomic E-state index is 13.5. The molecule has 7 nitrogen and oxygen atoms in total. The second-order valence-corrected chi connectivity index (χ2v) is 9.58. The fourth-order valence-electron chi connectivity index (χ4n) is 3.88. The zero-order chi connectivity index (χ0) is 27.9. The summed E-state index contributed by atoms with van der Waals surface area (Å²) in [5.74, 6) is -0.222.